The fourth-order valence-electron chi connectivity index (χ4n) is 1.14. The average molecular weight is 305 g/mol. The van der Waals surface area contributed by atoms with E-state index in [1.54, 1.807) is 18.2 Å². The van der Waals surface area contributed by atoms with Gasteiger partial charge in [0, 0.05) is 21.5 Å². The molecule has 2 atom stereocenters. The Kier molecular flexibility index (Phi) is 4.69. The van der Waals surface area contributed by atoms with Gasteiger partial charge in [0.1, 0.15) is 6.10 Å². The molecule has 2 N–H and O–H groups in total. The van der Waals surface area contributed by atoms with Crippen molar-refractivity contribution in [2.75, 3.05) is 6.26 Å². The number of halogens is 1. The molecule has 0 fully saturated rings. The van der Waals surface area contributed by atoms with E-state index in [1.807, 2.05) is 0 Å². The van der Waals surface area contributed by atoms with Crippen LogP contribution in [0.2, 0.25) is 0 Å². The van der Waals surface area contributed by atoms with Crippen molar-refractivity contribution in [2.45, 2.75) is 12.0 Å². The fourth-order valence-corrected chi connectivity index (χ4v) is 2.44. The summed E-state index contributed by atoms with van der Waals surface area (Å²) in [6, 6.07) is 0. The summed E-state index contributed by atoms with van der Waals surface area (Å²) in [5.41, 5.74) is 0. The van der Waals surface area contributed by atoms with Gasteiger partial charge >= 0.3 is 0 Å². The summed E-state index contributed by atoms with van der Waals surface area (Å²) in [5, 5.41) is 17.9. The minimum absolute atomic E-state index is 0.384. The number of ether oxygens (including phenoxy) is 1. The van der Waals surface area contributed by atoms with Gasteiger partial charge in [-0.25, -0.2) is 0 Å². The molecule has 1 rings (SSSR count). The van der Waals surface area contributed by atoms with Crippen LogP contribution in [0.1, 0.15) is 0 Å². The molecule has 4 nitrogen and oxygen atoms in total. The molecule has 0 heterocycles. The molecule has 1 aliphatic rings. The lowest BCUT2D eigenvalue weighted by Crippen LogP contribution is -2.37. The molecule has 0 saturated carbocycles. The van der Waals surface area contributed by atoms with Gasteiger partial charge in [-0.3, -0.25) is 4.21 Å². The van der Waals surface area contributed by atoms with Gasteiger partial charge in [-0.15, -0.1) is 0 Å². The van der Waals surface area contributed by atoms with Gasteiger partial charge in [0.2, 0.25) is 5.87 Å². The molecule has 2 unspecified atom stereocenters. The first-order valence-electron chi connectivity index (χ1n) is 4.30. The zero-order valence-corrected chi connectivity index (χ0v) is 10.9. The van der Waals surface area contributed by atoms with Crippen LogP contribution in [0.3, 0.4) is 0 Å². The third-order valence-electron chi connectivity index (χ3n) is 1.73. The lowest BCUT2D eigenvalue weighted by atomic mass is 10.1. The topological polar surface area (TPSA) is 66.8 Å². The Morgan fingerprint density at radius 3 is 2.75 bits per heavy atom. The standard InChI is InChI=1S/C9H10BBrO4S/c1-16(14)8-5-6(11)3-2-4-7(8)15-9(10,12)13/h2-5,7,12-13H,1H3. The molecule has 2 radical (unpaired) electrons. The third kappa shape index (κ3) is 4.35. The number of hydrogen-bond donors (Lipinski definition) is 2. The molecular formula is C9H10BBrO4S. The second-order valence-electron chi connectivity index (χ2n) is 3.13. The van der Waals surface area contributed by atoms with E-state index in [-0.39, 0.29) is 0 Å². The van der Waals surface area contributed by atoms with Crippen molar-refractivity contribution in [2.24, 2.45) is 0 Å². The van der Waals surface area contributed by atoms with Gasteiger partial charge < -0.3 is 14.9 Å². The van der Waals surface area contributed by atoms with Gasteiger partial charge in [-0.1, -0.05) is 28.1 Å². The predicted octanol–water partition coefficient (Wildman–Crippen LogP) is 0.247. The van der Waals surface area contributed by atoms with Crippen LogP contribution in [0.5, 0.6) is 0 Å². The highest BCUT2D eigenvalue weighted by Crippen LogP contribution is 2.23. The molecular weight excluding hydrogens is 295 g/mol. The second-order valence-corrected chi connectivity index (χ2v) is 5.43. The van der Waals surface area contributed by atoms with Crippen molar-refractivity contribution in [3.63, 3.8) is 0 Å². The van der Waals surface area contributed by atoms with Crippen LogP contribution in [0.15, 0.2) is 33.7 Å². The average Bonchev–Trinajstić information content (AvgIpc) is 2.25. The Hall–Kier alpha value is -0.205. The van der Waals surface area contributed by atoms with E-state index < -0.39 is 22.8 Å². The Morgan fingerprint density at radius 1 is 1.62 bits per heavy atom. The predicted molar refractivity (Wildman–Crippen MR) is 66.1 cm³/mol. The number of rotatable bonds is 3. The minimum Gasteiger partial charge on any atom is -0.353 e. The fraction of sp³-hybridized carbons (Fsp3) is 0.333. The number of aliphatic hydroxyl groups is 2. The second kappa shape index (κ2) is 5.42. The summed E-state index contributed by atoms with van der Waals surface area (Å²) < 4.78 is 16.9. The molecule has 0 bridgehead atoms. The molecule has 0 aromatic carbocycles. The first-order chi connectivity index (χ1) is 7.29. The highest BCUT2D eigenvalue weighted by molar-refractivity contribution is 9.11. The Balaban J connectivity index is 3.00. The molecule has 7 heteroatoms. The molecule has 0 amide bonds. The van der Waals surface area contributed by atoms with E-state index >= 15 is 0 Å². The molecule has 0 spiro atoms. The summed E-state index contributed by atoms with van der Waals surface area (Å²) >= 11 is 3.24. The number of hydrogen-bond acceptors (Lipinski definition) is 4. The van der Waals surface area contributed by atoms with Gasteiger partial charge in [0.25, 0.3) is 0 Å². The first kappa shape index (κ1) is 13.9. The van der Waals surface area contributed by atoms with Crippen molar-refractivity contribution in [1.29, 1.82) is 0 Å². The van der Waals surface area contributed by atoms with E-state index in [1.165, 1.54) is 12.3 Å². The van der Waals surface area contributed by atoms with Crippen molar-refractivity contribution in [3.05, 3.63) is 33.7 Å². The summed E-state index contributed by atoms with van der Waals surface area (Å²) in [6.45, 7) is 0. The van der Waals surface area contributed by atoms with Crippen LogP contribution in [-0.2, 0) is 15.5 Å². The monoisotopic (exact) mass is 304 g/mol. The van der Waals surface area contributed by atoms with Gasteiger partial charge in [0.05, 0.1) is 4.91 Å². The number of allylic oxidation sites excluding steroid dienone is 4. The van der Waals surface area contributed by atoms with Gasteiger partial charge in [0.15, 0.2) is 7.85 Å². The zero-order chi connectivity index (χ0) is 12.3. The summed E-state index contributed by atoms with van der Waals surface area (Å²) in [4.78, 5) is 0.384. The quantitative estimate of drug-likeness (QED) is 0.579. The van der Waals surface area contributed by atoms with Gasteiger partial charge in [-0.2, -0.15) is 0 Å². The normalized spacial score (nSPS) is 23.4. The summed E-state index contributed by atoms with van der Waals surface area (Å²) in [5.74, 6) is -2.76. The van der Waals surface area contributed by atoms with Crippen molar-refractivity contribution < 1.29 is 19.2 Å². The van der Waals surface area contributed by atoms with Crippen molar-refractivity contribution in [1.82, 2.24) is 0 Å². The Bertz CT molecular complexity index is 383. The maximum absolute atomic E-state index is 11.5. The van der Waals surface area contributed by atoms with E-state index in [9.17, 15) is 4.21 Å². The lowest BCUT2D eigenvalue weighted by Gasteiger charge is -2.24. The van der Waals surface area contributed by atoms with Crippen LogP contribution in [0.25, 0.3) is 0 Å². The van der Waals surface area contributed by atoms with Crippen LogP contribution < -0.4 is 0 Å². The third-order valence-corrected chi connectivity index (χ3v) is 3.24. The molecule has 0 aromatic rings. The Labute approximate surface area is 106 Å². The van der Waals surface area contributed by atoms with E-state index in [0.717, 1.165) is 0 Å². The first-order valence-corrected chi connectivity index (χ1v) is 6.65. The lowest BCUT2D eigenvalue weighted by molar-refractivity contribution is -0.281. The molecule has 1 aliphatic carbocycles. The molecule has 86 valence electrons. The van der Waals surface area contributed by atoms with E-state index in [4.69, 9.17) is 22.8 Å². The van der Waals surface area contributed by atoms with Crippen molar-refractivity contribution >= 4 is 34.6 Å². The van der Waals surface area contributed by atoms with E-state index in [2.05, 4.69) is 15.9 Å². The molecule has 0 saturated heterocycles. The SMILES string of the molecule is [B]C(O)(O)OC1C=CC=C(Br)C=C1S(C)=O. The molecule has 0 aromatic heterocycles. The van der Waals surface area contributed by atoms with Crippen LogP contribution in [0, 0.1) is 0 Å². The maximum atomic E-state index is 11.5. The zero-order valence-electron chi connectivity index (χ0n) is 8.46. The van der Waals surface area contributed by atoms with Crippen LogP contribution in [-0.4, -0.2) is 40.5 Å². The molecule has 16 heavy (non-hydrogen) atoms. The van der Waals surface area contributed by atoms with Crippen molar-refractivity contribution in [3.8, 4) is 0 Å². The van der Waals surface area contributed by atoms with Gasteiger partial charge in [-0.05, 0) is 12.2 Å². The highest BCUT2D eigenvalue weighted by atomic mass is 79.9. The molecule has 0 aliphatic heterocycles. The minimum atomic E-state index is -2.76. The smallest absolute Gasteiger partial charge is 0.218 e. The summed E-state index contributed by atoms with van der Waals surface area (Å²) in [6.07, 6.45) is 7.08. The largest absolute Gasteiger partial charge is 0.353 e. The summed E-state index contributed by atoms with van der Waals surface area (Å²) in [7, 11) is 3.60. The van der Waals surface area contributed by atoms with Crippen LogP contribution >= 0.6 is 15.9 Å². The maximum Gasteiger partial charge on any atom is 0.218 e. The highest BCUT2D eigenvalue weighted by Gasteiger charge is 2.25. The van der Waals surface area contributed by atoms with E-state index in [0.29, 0.717) is 9.39 Å². The van der Waals surface area contributed by atoms with Crippen LogP contribution in [0.4, 0.5) is 0 Å². The Morgan fingerprint density at radius 2 is 2.25 bits per heavy atom.